The maximum atomic E-state index is 5.86. The maximum Gasteiger partial charge on any atom is 0.113 e. The molecule has 3 rings (SSSR count). The summed E-state index contributed by atoms with van der Waals surface area (Å²) in [7, 11) is 0. The number of nitrogens with zero attached hydrogens (tertiary/aromatic N) is 2. The Morgan fingerprint density at radius 2 is 2.22 bits per heavy atom. The van der Waals surface area contributed by atoms with Gasteiger partial charge in [0.1, 0.15) is 9.34 Å². The molecule has 0 aliphatic heterocycles. The molecule has 0 radical (unpaired) electrons. The molecule has 0 aliphatic carbocycles. The molecule has 0 amide bonds. The highest BCUT2D eigenvalue weighted by atomic mass is 35.5. The Morgan fingerprint density at radius 1 is 1.33 bits per heavy atom. The molecule has 18 heavy (non-hydrogen) atoms. The van der Waals surface area contributed by atoms with Gasteiger partial charge in [0, 0.05) is 17.3 Å². The third-order valence-electron chi connectivity index (χ3n) is 2.66. The molecule has 0 spiro atoms. The Labute approximate surface area is 118 Å². The van der Waals surface area contributed by atoms with E-state index in [0.29, 0.717) is 6.54 Å². The molecule has 1 aromatic carbocycles. The molecular weight excluding hydrogens is 286 g/mol. The van der Waals surface area contributed by atoms with E-state index in [0.717, 1.165) is 15.0 Å². The van der Waals surface area contributed by atoms with E-state index in [2.05, 4.69) is 33.7 Å². The van der Waals surface area contributed by atoms with Crippen molar-refractivity contribution in [3.05, 3.63) is 39.4 Å². The van der Waals surface area contributed by atoms with Gasteiger partial charge in [0.2, 0.25) is 0 Å². The summed E-state index contributed by atoms with van der Waals surface area (Å²) < 4.78 is 6.11. The molecule has 2 aromatic heterocycles. The number of fused-ring (bicyclic) bond motifs is 1. The van der Waals surface area contributed by atoms with Gasteiger partial charge in [-0.1, -0.05) is 11.6 Å². The summed E-state index contributed by atoms with van der Waals surface area (Å²) in [6.07, 6.45) is 3.58. The summed E-state index contributed by atoms with van der Waals surface area (Å²) in [5.74, 6) is 0. The number of hydrogen-bond donors (Lipinski definition) is 1. The molecule has 0 saturated carbocycles. The molecule has 0 saturated heterocycles. The third-order valence-corrected chi connectivity index (χ3v) is 4.53. The number of hydrogen-bond acceptors (Lipinski definition) is 5. The third kappa shape index (κ3) is 2.34. The lowest BCUT2D eigenvalue weighted by Gasteiger charge is -2.08. The van der Waals surface area contributed by atoms with Gasteiger partial charge in [0.25, 0.3) is 0 Å². The second-order valence-corrected chi connectivity index (χ2v) is 6.52. The smallest absolute Gasteiger partial charge is 0.113 e. The van der Waals surface area contributed by atoms with Crippen LogP contribution in [0.3, 0.4) is 0 Å². The van der Waals surface area contributed by atoms with Crippen LogP contribution in [0.25, 0.3) is 10.1 Å². The van der Waals surface area contributed by atoms with Crippen molar-refractivity contribution in [3.63, 3.8) is 0 Å². The summed E-state index contributed by atoms with van der Waals surface area (Å²) in [6.45, 7) is 2.79. The van der Waals surface area contributed by atoms with Crippen molar-refractivity contribution in [1.82, 2.24) is 9.36 Å². The van der Waals surface area contributed by atoms with Gasteiger partial charge in [0.05, 0.1) is 17.4 Å². The van der Waals surface area contributed by atoms with Crippen LogP contribution in [0, 0.1) is 6.92 Å². The lowest BCUT2D eigenvalue weighted by Crippen LogP contribution is -2.00. The standard InChI is InChI=1S/C12H10ClN3S2/c1-7-2-8-4-16-18-10(8)3-9(7)14-6-12-15-5-11(13)17-12/h2-5,14H,6H2,1H3. The Hall–Kier alpha value is -1.17. The zero-order chi connectivity index (χ0) is 12.5. The van der Waals surface area contributed by atoms with Crippen molar-refractivity contribution < 1.29 is 0 Å². The molecule has 3 nitrogen and oxygen atoms in total. The molecule has 3 aromatic rings. The van der Waals surface area contributed by atoms with Gasteiger partial charge in [-0.05, 0) is 36.2 Å². The van der Waals surface area contributed by atoms with Crippen molar-refractivity contribution in [3.8, 4) is 0 Å². The molecule has 92 valence electrons. The first-order valence-electron chi connectivity index (χ1n) is 5.41. The number of nitrogens with one attached hydrogen (secondary N) is 1. The minimum Gasteiger partial charge on any atom is -0.378 e. The molecule has 2 heterocycles. The van der Waals surface area contributed by atoms with Crippen molar-refractivity contribution in [2.45, 2.75) is 13.5 Å². The van der Waals surface area contributed by atoms with Gasteiger partial charge in [-0.3, -0.25) is 0 Å². The largest absolute Gasteiger partial charge is 0.378 e. The van der Waals surface area contributed by atoms with Crippen LogP contribution in [0.4, 0.5) is 5.69 Å². The van der Waals surface area contributed by atoms with E-state index >= 15 is 0 Å². The number of thiazole rings is 1. The van der Waals surface area contributed by atoms with E-state index in [-0.39, 0.29) is 0 Å². The highest BCUT2D eigenvalue weighted by Gasteiger charge is 2.05. The number of rotatable bonds is 3. The van der Waals surface area contributed by atoms with Crippen molar-refractivity contribution in [2.75, 3.05) is 5.32 Å². The molecule has 0 aliphatic rings. The van der Waals surface area contributed by atoms with Gasteiger partial charge in [-0.2, -0.15) is 4.37 Å². The summed E-state index contributed by atoms with van der Waals surface area (Å²) in [6, 6.07) is 4.29. The van der Waals surface area contributed by atoms with E-state index in [9.17, 15) is 0 Å². The fourth-order valence-corrected chi connectivity index (χ4v) is 3.32. The second-order valence-electron chi connectivity index (χ2n) is 3.94. The lowest BCUT2D eigenvalue weighted by atomic mass is 10.1. The monoisotopic (exact) mass is 295 g/mol. The van der Waals surface area contributed by atoms with Crippen molar-refractivity contribution in [2.24, 2.45) is 0 Å². The molecule has 0 fully saturated rings. The van der Waals surface area contributed by atoms with Gasteiger partial charge in [0.15, 0.2) is 0 Å². The van der Waals surface area contributed by atoms with E-state index in [1.165, 1.54) is 38.5 Å². The fourth-order valence-electron chi connectivity index (χ4n) is 1.76. The zero-order valence-corrected chi connectivity index (χ0v) is 12.0. The number of halogens is 1. The SMILES string of the molecule is Cc1cc2cnsc2cc1NCc1ncc(Cl)s1. The zero-order valence-electron chi connectivity index (χ0n) is 9.61. The van der Waals surface area contributed by atoms with Crippen molar-refractivity contribution >= 4 is 50.2 Å². The van der Waals surface area contributed by atoms with Crippen LogP contribution in [-0.4, -0.2) is 9.36 Å². The lowest BCUT2D eigenvalue weighted by molar-refractivity contribution is 1.10. The second kappa shape index (κ2) is 4.84. The van der Waals surface area contributed by atoms with Crippen LogP contribution in [0.2, 0.25) is 4.34 Å². The van der Waals surface area contributed by atoms with Crippen LogP contribution in [0.15, 0.2) is 24.5 Å². The highest BCUT2D eigenvalue weighted by Crippen LogP contribution is 2.27. The normalized spacial score (nSPS) is 11.0. The first kappa shape index (κ1) is 11.9. The average Bonchev–Trinajstić information content (AvgIpc) is 2.94. The molecule has 0 bridgehead atoms. The van der Waals surface area contributed by atoms with E-state index in [4.69, 9.17) is 11.6 Å². The number of benzene rings is 1. The van der Waals surface area contributed by atoms with E-state index in [1.54, 1.807) is 6.20 Å². The van der Waals surface area contributed by atoms with Crippen LogP contribution in [0.5, 0.6) is 0 Å². The number of aryl methyl sites for hydroxylation is 1. The molecular formula is C12H10ClN3S2. The van der Waals surface area contributed by atoms with Crippen LogP contribution in [0.1, 0.15) is 10.6 Å². The van der Waals surface area contributed by atoms with Crippen LogP contribution >= 0.6 is 34.5 Å². The fraction of sp³-hybridized carbons (Fsp3) is 0.167. The average molecular weight is 296 g/mol. The van der Waals surface area contributed by atoms with E-state index in [1.807, 2.05) is 6.20 Å². The van der Waals surface area contributed by atoms with Crippen LogP contribution < -0.4 is 5.32 Å². The summed E-state index contributed by atoms with van der Waals surface area (Å²) >= 11 is 8.87. The minimum atomic E-state index is 0.697. The summed E-state index contributed by atoms with van der Waals surface area (Å²) in [5, 5.41) is 5.58. The van der Waals surface area contributed by atoms with Gasteiger partial charge in [-0.25, -0.2) is 4.98 Å². The number of aromatic nitrogens is 2. The topological polar surface area (TPSA) is 37.8 Å². The number of anilines is 1. The molecule has 0 atom stereocenters. The summed E-state index contributed by atoms with van der Waals surface area (Å²) in [4.78, 5) is 4.23. The molecule has 1 N–H and O–H groups in total. The predicted molar refractivity (Wildman–Crippen MR) is 78.8 cm³/mol. The van der Waals surface area contributed by atoms with E-state index < -0.39 is 0 Å². The quantitative estimate of drug-likeness (QED) is 0.781. The predicted octanol–water partition coefficient (Wildman–Crippen LogP) is 4.33. The Balaban J connectivity index is 1.83. The van der Waals surface area contributed by atoms with Crippen molar-refractivity contribution in [1.29, 1.82) is 0 Å². The van der Waals surface area contributed by atoms with Gasteiger partial charge in [-0.15, -0.1) is 11.3 Å². The summed E-state index contributed by atoms with van der Waals surface area (Å²) in [5.41, 5.74) is 2.34. The first-order valence-corrected chi connectivity index (χ1v) is 7.38. The van der Waals surface area contributed by atoms with Crippen LogP contribution in [-0.2, 0) is 6.54 Å². The Bertz CT molecular complexity index is 690. The molecule has 0 unspecified atom stereocenters. The molecule has 6 heteroatoms. The Kier molecular flexibility index (Phi) is 3.20. The maximum absolute atomic E-state index is 5.86. The van der Waals surface area contributed by atoms with Gasteiger partial charge < -0.3 is 5.32 Å². The minimum absolute atomic E-state index is 0.697. The van der Waals surface area contributed by atoms with Gasteiger partial charge >= 0.3 is 0 Å². The highest BCUT2D eigenvalue weighted by molar-refractivity contribution is 7.15. The Morgan fingerprint density at radius 3 is 3.00 bits per heavy atom. The first-order chi connectivity index (χ1) is 8.72.